The van der Waals surface area contributed by atoms with E-state index in [4.69, 9.17) is 44.6 Å². The number of aliphatic hydroxyl groups excluding tert-OH is 12. The molecule has 4 heterocycles. The average molecular weight is 665 g/mol. The lowest BCUT2D eigenvalue weighted by Gasteiger charge is -2.49. The molecule has 45 heavy (non-hydrogen) atoms. The number of aliphatic hydroxyl groups is 12. The zero-order valence-electron chi connectivity index (χ0n) is 23.8. The maximum Gasteiger partial charge on any atom is 0.187 e. The first-order valence-corrected chi connectivity index (χ1v) is 14.3. The van der Waals surface area contributed by atoms with E-state index in [1.54, 1.807) is 0 Å². The van der Waals surface area contributed by atoms with E-state index in [-0.39, 0.29) is 0 Å². The van der Waals surface area contributed by atoms with Gasteiger partial charge in [0.15, 0.2) is 25.2 Å². The van der Waals surface area contributed by atoms with Crippen LogP contribution < -0.4 is 11.5 Å². The molecule has 0 radical (unpaired) electrons. The first kappa shape index (κ1) is 37.0. The number of ether oxygens (including phenoxy) is 7. The van der Waals surface area contributed by atoms with E-state index in [0.717, 1.165) is 0 Å². The summed E-state index contributed by atoms with van der Waals surface area (Å²) < 4.78 is 38.4. The highest BCUT2D eigenvalue weighted by Crippen LogP contribution is 2.33. The average Bonchev–Trinajstić information content (AvgIpc) is 3.03. The van der Waals surface area contributed by atoms with Gasteiger partial charge in [-0.25, -0.2) is 0 Å². The molecule has 264 valence electrons. The number of nitrogens with two attached hydrogens (primary N) is 2. The molecule has 4 saturated heterocycles. The van der Waals surface area contributed by atoms with Crippen LogP contribution in [-0.2, 0) is 33.2 Å². The second kappa shape index (κ2) is 15.6. The minimum Gasteiger partial charge on any atom is -0.394 e. The van der Waals surface area contributed by atoms with Crippen LogP contribution >= 0.6 is 0 Å². The van der Waals surface area contributed by atoms with Crippen molar-refractivity contribution in [3.63, 3.8) is 0 Å². The van der Waals surface area contributed by atoms with Gasteiger partial charge in [0.05, 0.1) is 38.5 Å². The Bertz CT molecular complexity index is 920. The van der Waals surface area contributed by atoms with E-state index < -0.39 is 149 Å². The molecule has 0 aromatic carbocycles. The van der Waals surface area contributed by atoms with Gasteiger partial charge in [0.1, 0.15) is 85.5 Å². The molecule has 21 nitrogen and oxygen atoms in total. The van der Waals surface area contributed by atoms with Crippen LogP contribution in [0.15, 0.2) is 0 Å². The Morgan fingerprint density at radius 2 is 0.778 bits per heavy atom. The molecule has 4 aliphatic heterocycles. The smallest absolute Gasteiger partial charge is 0.187 e. The van der Waals surface area contributed by atoms with Crippen LogP contribution in [0.25, 0.3) is 0 Å². The first-order valence-electron chi connectivity index (χ1n) is 14.3. The molecule has 16 N–H and O–H groups in total. The Balaban J connectivity index is 1.43. The van der Waals surface area contributed by atoms with Gasteiger partial charge in [0, 0.05) is 0 Å². The fourth-order valence-corrected chi connectivity index (χ4v) is 5.63. The van der Waals surface area contributed by atoms with Crippen molar-refractivity contribution < 1.29 is 94.4 Å². The molecule has 4 fully saturated rings. The molecule has 4 aliphatic rings. The van der Waals surface area contributed by atoms with E-state index in [1.807, 2.05) is 0 Å². The SMILES string of the molecule is N[C@H]1[C@H](O[C@H]2[C@H](O)[C@@H](N)C(O)O[C@@H]2CO)O[C@H](CO)[C@@H](O[C@@H]2O[C@H](CO)[C@H](O[C@@H]3O[C@H](CO)[C@H](O)[C@H](O)[C@H]3O)[C@H](O)[C@H]2O)[C@@H]1O. The Morgan fingerprint density at radius 3 is 1.29 bits per heavy atom. The molecule has 0 saturated carbocycles. The summed E-state index contributed by atoms with van der Waals surface area (Å²) in [6.45, 7) is -3.16. The molecular weight excluding hydrogens is 620 g/mol. The van der Waals surface area contributed by atoms with Crippen molar-refractivity contribution in [2.24, 2.45) is 11.5 Å². The molecule has 0 aromatic rings. The monoisotopic (exact) mass is 664 g/mol. The van der Waals surface area contributed by atoms with Crippen LogP contribution in [0.1, 0.15) is 0 Å². The summed E-state index contributed by atoms with van der Waals surface area (Å²) in [6, 6.07) is -2.80. The summed E-state index contributed by atoms with van der Waals surface area (Å²) in [5.41, 5.74) is 11.8. The van der Waals surface area contributed by atoms with E-state index in [1.165, 1.54) is 0 Å². The normalized spacial score (nSPS) is 52.9. The molecule has 0 aromatic heterocycles. The van der Waals surface area contributed by atoms with Crippen LogP contribution in [0.5, 0.6) is 0 Å². The van der Waals surface area contributed by atoms with Crippen molar-refractivity contribution in [1.82, 2.24) is 0 Å². The minimum atomic E-state index is -1.97. The Hall–Kier alpha value is -0.840. The van der Waals surface area contributed by atoms with Gasteiger partial charge in [-0.15, -0.1) is 0 Å². The van der Waals surface area contributed by atoms with E-state index in [2.05, 4.69) is 0 Å². The van der Waals surface area contributed by atoms with Crippen molar-refractivity contribution >= 4 is 0 Å². The third-order valence-electron chi connectivity index (χ3n) is 8.36. The van der Waals surface area contributed by atoms with Gasteiger partial charge < -0.3 is 106 Å². The summed E-state index contributed by atoms with van der Waals surface area (Å²) in [7, 11) is 0. The zero-order chi connectivity index (χ0) is 33.3. The predicted molar refractivity (Wildman–Crippen MR) is 138 cm³/mol. The molecule has 0 spiro atoms. The standard InChI is InChI=1S/C24H44N2O19/c25-9-12(32)18(6(2-28)39-21(9)38)43-22-10(26)13(33)19(7(3-29)41-22)44-24-17(37)15(35)20(8(4-30)42-24)45-23-16(36)14(34)11(31)5(1-27)40-23/h5-24,27-38H,1-4,25-26H2/t5-,6-,7-,8-,9-,10-,11+,12-,13-,14+,15-,16-,17-,18-,19-,20+,21?,22+,23+,24+/m1/s1. The highest BCUT2D eigenvalue weighted by molar-refractivity contribution is 4.99. The molecule has 0 aliphatic carbocycles. The van der Waals surface area contributed by atoms with Gasteiger partial charge in [0.25, 0.3) is 0 Å². The summed E-state index contributed by atoms with van der Waals surface area (Å²) in [5, 5.41) is 122. The molecule has 1 unspecified atom stereocenters. The lowest BCUT2D eigenvalue weighted by molar-refractivity contribution is -0.378. The van der Waals surface area contributed by atoms with Crippen LogP contribution in [0.3, 0.4) is 0 Å². The quantitative estimate of drug-likeness (QED) is 0.103. The van der Waals surface area contributed by atoms with Crippen molar-refractivity contribution in [3.05, 3.63) is 0 Å². The maximum atomic E-state index is 11.0. The summed E-state index contributed by atoms with van der Waals surface area (Å²) in [5.74, 6) is 0. The van der Waals surface area contributed by atoms with Gasteiger partial charge in [-0.05, 0) is 0 Å². The molecule has 0 bridgehead atoms. The highest BCUT2D eigenvalue weighted by Gasteiger charge is 2.54. The lowest BCUT2D eigenvalue weighted by Crippen LogP contribution is -2.69. The molecule has 0 amide bonds. The molecule has 20 atom stereocenters. The largest absolute Gasteiger partial charge is 0.394 e. The van der Waals surface area contributed by atoms with Gasteiger partial charge in [0.2, 0.25) is 0 Å². The number of rotatable bonds is 10. The summed E-state index contributed by atoms with van der Waals surface area (Å²) in [4.78, 5) is 0. The summed E-state index contributed by atoms with van der Waals surface area (Å²) in [6.07, 6.45) is -29.4. The Kier molecular flexibility index (Phi) is 12.8. The Labute approximate surface area is 255 Å². The van der Waals surface area contributed by atoms with Crippen molar-refractivity contribution in [2.45, 2.75) is 123 Å². The fraction of sp³-hybridized carbons (Fsp3) is 1.00. The maximum absolute atomic E-state index is 11.0. The van der Waals surface area contributed by atoms with Crippen molar-refractivity contribution in [3.8, 4) is 0 Å². The topological polar surface area (TPSA) is 359 Å². The van der Waals surface area contributed by atoms with E-state index in [0.29, 0.717) is 0 Å². The van der Waals surface area contributed by atoms with Crippen LogP contribution in [0.2, 0.25) is 0 Å². The van der Waals surface area contributed by atoms with Crippen LogP contribution in [0.4, 0.5) is 0 Å². The summed E-state index contributed by atoms with van der Waals surface area (Å²) >= 11 is 0. The van der Waals surface area contributed by atoms with Gasteiger partial charge in [-0.1, -0.05) is 0 Å². The van der Waals surface area contributed by atoms with E-state index >= 15 is 0 Å². The molecule has 21 heteroatoms. The lowest BCUT2D eigenvalue weighted by atomic mass is 9.94. The van der Waals surface area contributed by atoms with Gasteiger partial charge >= 0.3 is 0 Å². The van der Waals surface area contributed by atoms with Gasteiger partial charge in [-0.2, -0.15) is 0 Å². The zero-order valence-corrected chi connectivity index (χ0v) is 23.8. The number of hydrogen-bond donors (Lipinski definition) is 14. The van der Waals surface area contributed by atoms with Crippen LogP contribution in [0, 0.1) is 0 Å². The Morgan fingerprint density at radius 1 is 0.400 bits per heavy atom. The van der Waals surface area contributed by atoms with Gasteiger partial charge in [-0.3, -0.25) is 0 Å². The third-order valence-corrected chi connectivity index (χ3v) is 8.36. The molecular formula is C24H44N2O19. The predicted octanol–water partition coefficient (Wildman–Crippen LogP) is -9.82. The highest BCUT2D eigenvalue weighted by atomic mass is 16.8. The fourth-order valence-electron chi connectivity index (χ4n) is 5.63. The second-order valence-corrected chi connectivity index (χ2v) is 11.3. The molecule has 4 rings (SSSR count). The van der Waals surface area contributed by atoms with Crippen molar-refractivity contribution in [1.29, 1.82) is 0 Å². The van der Waals surface area contributed by atoms with Crippen LogP contribution in [-0.4, -0.2) is 210 Å². The minimum absolute atomic E-state index is 0.711. The third kappa shape index (κ3) is 7.44. The number of hydrogen-bond acceptors (Lipinski definition) is 21. The second-order valence-electron chi connectivity index (χ2n) is 11.3. The van der Waals surface area contributed by atoms with E-state index in [9.17, 15) is 61.3 Å². The first-order chi connectivity index (χ1) is 21.3. The van der Waals surface area contributed by atoms with Crippen molar-refractivity contribution in [2.75, 3.05) is 26.4 Å².